The smallest absolute Gasteiger partial charge is 0.343 e. The van der Waals surface area contributed by atoms with Crippen LogP contribution in [-0.2, 0) is 4.74 Å². The van der Waals surface area contributed by atoms with Crippen LogP contribution in [0.15, 0.2) is 40.8 Å². The summed E-state index contributed by atoms with van der Waals surface area (Å²) in [5.74, 6) is -1.21. The highest BCUT2D eigenvalue weighted by atomic mass is 32.1. The minimum Gasteiger partial charge on any atom is -0.465 e. The van der Waals surface area contributed by atoms with Gasteiger partial charge >= 0.3 is 5.97 Å². The molecule has 0 aromatic carbocycles. The number of aromatic nitrogens is 2. The number of fused-ring (bicyclic) bond motifs is 1. The second-order valence-electron chi connectivity index (χ2n) is 4.58. The molecule has 0 aliphatic heterocycles. The Morgan fingerprint density at radius 3 is 2.96 bits per heavy atom. The number of nitrogens with zero attached hydrogens (tertiary/aromatic N) is 1. The lowest BCUT2D eigenvalue weighted by atomic mass is 10.2. The lowest BCUT2D eigenvalue weighted by Gasteiger charge is -2.06. The maximum absolute atomic E-state index is 12.4. The third kappa shape index (κ3) is 2.84. The van der Waals surface area contributed by atoms with Gasteiger partial charge < -0.3 is 15.0 Å². The number of anilines is 1. The van der Waals surface area contributed by atoms with Gasteiger partial charge in [-0.1, -0.05) is 0 Å². The Morgan fingerprint density at radius 2 is 2.17 bits per heavy atom. The maximum Gasteiger partial charge on any atom is 0.343 e. The highest BCUT2D eigenvalue weighted by Gasteiger charge is 2.16. The minimum atomic E-state index is -0.777. The molecule has 23 heavy (non-hydrogen) atoms. The maximum atomic E-state index is 12.4. The minimum absolute atomic E-state index is 0.187. The molecule has 3 aromatic rings. The van der Waals surface area contributed by atoms with Crippen LogP contribution in [-0.4, -0.2) is 29.0 Å². The molecule has 0 bridgehead atoms. The van der Waals surface area contributed by atoms with E-state index in [4.69, 9.17) is 0 Å². The molecule has 0 radical (unpaired) electrons. The molecule has 3 aromatic heterocycles. The Bertz CT molecular complexity index is 961. The van der Waals surface area contributed by atoms with Crippen molar-refractivity contribution in [3.63, 3.8) is 0 Å². The quantitative estimate of drug-likeness (QED) is 0.716. The Kier molecular flexibility index (Phi) is 3.90. The molecule has 0 unspecified atom stereocenters. The number of esters is 1. The number of aromatic amines is 1. The lowest BCUT2D eigenvalue weighted by Crippen LogP contribution is -2.20. The molecule has 0 saturated heterocycles. The molecular weight excluding hydrogens is 318 g/mol. The summed E-state index contributed by atoms with van der Waals surface area (Å²) in [6.07, 6.45) is 2.86. The van der Waals surface area contributed by atoms with E-state index in [2.05, 4.69) is 20.0 Å². The molecule has 0 spiro atoms. The van der Waals surface area contributed by atoms with Crippen molar-refractivity contribution in [2.45, 2.75) is 0 Å². The summed E-state index contributed by atoms with van der Waals surface area (Å²) >= 11 is 1.41. The molecular formula is C15H11N3O4S. The highest BCUT2D eigenvalue weighted by molar-refractivity contribution is 7.17. The average Bonchev–Trinajstić information content (AvgIpc) is 3.04. The number of carbonyl (C=O) groups excluding carboxylic acids is 2. The first-order valence-corrected chi connectivity index (χ1v) is 7.42. The van der Waals surface area contributed by atoms with Crippen molar-refractivity contribution in [2.75, 3.05) is 12.4 Å². The number of carbonyl (C=O) groups is 2. The van der Waals surface area contributed by atoms with Crippen molar-refractivity contribution >= 4 is 39.0 Å². The number of methoxy groups -OCH3 is 1. The van der Waals surface area contributed by atoms with Crippen LogP contribution >= 0.6 is 11.3 Å². The zero-order chi connectivity index (χ0) is 16.4. The predicted octanol–water partition coefficient (Wildman–Crippen LogP) is 2.02. The van der Waals surface area contributed by atoms with Gasteiger partial charge in [0.2, 0.25) is 0 Å². The fraction of sp³-hybridized carbons (Fsp3) is 0.0667. The van der Waals surface area contributed by atoms with E-state index in [1.54, 1.807) is 6.20 Å². The Labute approximate surface area is 133 Å². The molecule has 0 fully saturated rings. The van der Waals surface area contributed by atoms with E-state index in [0.717, 1.165) is 10.1 Å². The number of rotatable bonds is 3. The number of thiophene rings is 1. The summed E-state index contributed by atoms with van der Waals surface area (Å²) in [7, 11) is 1.18. The van der Waals surface area contributed by atoms with Crippen molar-refractivity contribution in [1.82, 2.24) is 9.97 Å². The first-order chi connectivity index (χ1) is 11.1. The number of hydrogen-bond donors (Lipinski definition) is 2. The monoisotopic (exact) mass is 329 g/mol. The molecule has 7 nitrogen and oxygen atoms in total. The van der Waals surface area contributed by atoms with Crippen LogP contribution in [0.3, 0.4) is 0 Å². The number of ether oxygens (including phenoxy) is 1. The van der Waals surface area contributed by atoms with E-state index >= 15 is 0 Å². The fourth-order valence-corrected chi connectivity index (χ4v) is 2.94. The van der Waals surface area contributed by atoms with Gasteiger partial charge in [-0.05, 0) is 29.0 Å². The molecule has 3 rings (SSSR count). The van der Waals surface area contributed by atoms with E-state index in [9.17, 15) is 14.4 Å². The van der Waals surface area contributed by atoms with Gasteiger partial charge in [-0.25, -0.2) is 9.78 Å². The Balaban J connectivity index is 1.93. The SMILES string of the molecule is COC(=O)c1cc(NC(=O)c2nccc3ccsc23)c[nH]c1=O. The second-order valence-corrected chi connectivity index (χ2v) is 5.49. The lowest BCUT2D eigenvalue weighted by molar-refractivity contribution is 0.0598. The first kappa shape index (κ1) is 14.9. The van der Waals surface area contributed by atoms with Gasteiger partial charge in [-0.3, -0.25) is 9.59 Å². The predicted molar refractivity (Wildman–Crippen MR) is 86.0 cm³/mol. The topological polar surface area (TPSA) is 101 Å². The van der Waals surface area contributed by atoms with Crippen LogP contribution < -0.4 is 10.9 Å². The second kappa shape index (κ2) is 6.01. The van der Waals surface area contributed by atoms with Crippen LogP contribution in [0.2, 0.25) is 0 Å². The normalized spacial score (nSPS) is 10.5. The number of amides is 1. The molecule has 0 saturated carbocycles. The zero-order valence-electron chi connectivity index (χ0n) is 12.0. The third-order valence-corrected chi connectivity index (χ3v) is 4.09. The largest absolute Gasteiger partial charge is 0.465 e. The van der Waals surface area contributed by atoms with Gasteiger partial charge in [0.05, 0.1) is 17.5 Å². The van der Waals surface area contributed by atoms with Crippen molar-refractivity contribution < 1.29 is 14.3 Å². The van der Waals surface area contributed by atoms with E-state index in [-0.39, 0.29) is 16.9 Å². The number of nitrogens with one attached hydrogen (secondary N) is 2. The van der Waals surface area contributed by atoms with Crippen LogP contribution in [0.4, 0.5) is 5.69 Å². The summed E-state index contributed by atoms with van der Waals surface area (Å²) in [6, 6.07) is 4.98. The van der Waals surface area contributed by atoms with E-state index in [1.165, 1.54) is 30.7 Å². The molecule has 0 aliphatic rings. The Morgan fingerprint density at radius 1 is 1.35 bits per heavy atom. The van der Waals surface area contributed by atoms with Crippen LogP contribution in [0, 0.1) is 0 Å². The molecule has 1 amide bonds. The average molecular weight is 329 g/mol. The summed E-state index contributed by atoms with van der Waals surface area (Å²) in [6.45, 7) is 0. The van der Waals surface area contributed by atoms with E-state index in [0.29, 0.717) is 0 Å². The van der Waals surface area contributed by atoms with Crippen molar-refractivity contribution in [1.29, 1.82) is 0 Å². The van der Waals surface area contributed by atoms with Gasteiger partial charge in [0, 0.05) is 12.4 Å². The molecule has 2 N–H and O–H groups in total. The zero-order valence-corrected chi connectivity index (χ0v) is 12.8. The third-order valence-electron chi connectivity index (χ3n) is 3.15. The van der Waals surface area contributed by atoms with Crippen molar-refractivity contribution in [3.8, 4) is 0 Å². The fourth-order valence-electron chi connectivity index (χ4n) is 2.06. The first-order valence-electron chi connectivity index (χ1n) is 6.55. The summed E-state index contributed by atoms with van der Waals surface area (Å²) in [4.78, 5) is 42.0. The van der Waals surface area contributed by atoms with Gasteiger partial charge in [0.1, 0.15) is 11.3 Å². The summed E-state index contributed by atoms with van der Waals surface area (Å²) < 4.78 is 5.29. The van der Waals surface area contributed by atoms with E-state index < -0.39 is 17.4 Å². The number of pyridine rings is 2. The summed E-state index contributed by atoms with van der Waals surface area (Å²) in [5.41, 5.74) is -0.227. The van der Waals surface area contributed by atoms with E-state index in [1.807, 2.05) is 17.5 Å². The van der Waals surface area contributed by atoms with Crippen molar-refractivity contribution in [2.24, 2.45) is 0 Å². The molecule has 0 aliphatic carbocycles. The highest BCUT2D eigenvalue weighted by Crippen LogP contribution is 2.23. The molecule has 116 valence electrons. The number of H-pyrrole nitrogens is 1. The van der Waals surface area contributed by atoms with Crippen LogP contribution in [0.5, 0.6) is 0 Å². The molecule has 3 heterocycles. The molecule has 8 heteroatoms. The standard InChI is InChI=1S/C15H11N3O4S/c1-22-15(21)10-6-9(7-17-13(10)19)18-14(20)11-12-8(2-4-16-11)3-5-23-12/h2-7H,1H3,(H,17,19)(H,18,20). The van der Waals surface area contributed by atoms with Gasteiger partial charge in [-0.2, -0.15) is 0 Å². The van der Waals surface area contributed by atoms with Gasteiger partial charge in [0.15, 0.2) is 0 Å². The number of hydrogen-bond acceptors (Lipinski definition) is 6. The van der Waals surface area contributed by atoms with Crippen LogP contribution in [0.1, 0.15) is 20.8 Å². The van der Waals surface area contributed by atoms with Gasteiger partial charge in [0.25, 0.3) is 11.5 Å². The van der Waals surface area contributed by atoms with Crippen LogP contribution in [0.25, 0.3) is 10.1 Å². The molecule has 0 atom stereocenters. The summed E-state index contributed by atoms with van der Waals surface area (Å²) in [5, 5.41) is 5.41. The Hall–Kier alpha value is -3.00. The van der Waals surface area contributed by atoms with Crippen molar-refractivity contribution in [3.05, 3.63) is 57.6 Å². The van der Waals surface area contributed by atoms with Gasteiger partial charge in [-0.15, -0.1) is 11.3 Å².